The minimum atomic E-state index is -0.800. The Morgan fingerprint density at radius 3 is 2.36 bits per heavy atom. The molecule has 0 saturated heterocycles. The summed E-state index contributed by atoms with van der Waals surface area (Å²) >= 11 is 5.84. The van der Waals surface area contributed by atoms with Gasteiger partial charge >= 0.3 is 5.97 Å². The van der Waals surface area contributed by atoms with Crippen LogP contribution >= 0.6 is 11.6 Å². The first-order chi connectivity index (χ1) is 10.7. The lowest BCUT2D eigenvalue weighted by molar-refractivity contribution is -0.139. The second-order valence-corrected chi connectivity index (χ2v) is 5.54. The number of hydrogen-bond donors (Lipinski definition) is 1. The van der Waals surface area contributed by atoms with Crippen molar-refractivity contribution >= 4 is 17.6 Å². The normalized spacial score (nSPS) is 11.9. The summed E-state index contributed by atoms with van der Waals surface area (Å²) in [6.45, 7) is 0.594. The quantitative estimate of drug-likeness (QED) is 0.714. The van der Waals surface area contributed by atoms with E-state index in [-0.39, 0.29) is 0 Å². The highest BCUT2D eigenvalue weighted by molar-refractivity contribution is 6.30. The van der Waals surface area contributed by atoms with Crippen molar-refractivity contribution in [2.45, 2.75) is 25.2 Å². The fourth-order valence-electron chi connectivity index (χ4n) is 2.29. The van der Waals surface area contributed by atoms with Gasteiger partial charge in [0, 0.05) is 5.02 Å². The number of hydrogen-bond acceptors (Lipinski definition) is 2. The van der Waals surface area contributed by atoms with Crippen molar-refractivity contribution in [1.29, 1.82) is 0 Å². The molecule has 0 aliphatic heterocycles. The molecule has 0 radical (unpaired) electrons. The number of unbranched alkanes of at least 4 members (excludes halogenated alkanes) is 1. The van der Waals surface area contributed by atoms with Crippen LogP contribution in [0.3, 0.4) is 0 Å². The molecule has 2 rings (SSSR count). The maximum absolute atomic E-state index is 11.4. The molecule has 0 heterocycles. The Bertz CT molecular complexity index is 581. The molecule has 4 heteroatoms. The summed E-state index contributed by atoms with van der Waals surface area (Å²) in [7, 11) is 0. The van der Waals surface area contributed by atoms with Crippen molar-refractivity contribution in [3.63, 3.8) is 0 Å². The van der Waals surface area contributed by atoms with Gasteiger partial charge < -0.3 is 9.84 Å². The van der Waals surface area contributed by atoms with E-state index in [1.54, 1.807) is 24.3 Å². The van der Waals surface area contributed by atoms with Crippen molar-refractivity contribution in [3.05, 3.63) is 65.2 Å². The highest BCUT2D eigenvalue weighted by Gasteiger charge is 2.19. The van der Waals surface area contributed by atoms with E-state index in [1.807, 2.05) is 30.3 Å². The van der Waals surface area contributed by atoms with Crippen LogP contribution in [0.4, 0.5) is 0 Å². The smallest absolute Gasteiger partial charge is 0.310 e. The molecule has 0 saturated carbocycles. The summed E-state index contributed by atoms with van der Waals surface area (Å²) in [5.41, 5.74) is 0.792. The first-order valence-electron chi connectivity index (χ1n) is 7.33. The topological polar surface area (TPSA) is 46.5 Å². The van der Waals surface area contributed by atoms with Gasteiger partial charge in [-0.2, -0.15) is 0 Å². The molecular weight excluding hydrogens is 300 g/mol. The van der Waals surface area contributed by atoms with E-state index in [2.05, 4.69) is 0 Å². The molecule has 22 heavy (non-hydrogen) atoms. The van der Waals surface area contributed by atoms with Crippen LogP contribution in [0.5, 0.6) is 5.75 Å². The highest BCUT2D eigenvalue weighted by atomic mass is 35.5. The molecule has 3 nitrogen and oxygen atoms in total. The van der Waals surface area contributed by atoms with Gasteiger partial charge in [-0.25, -0.2) is 0 Å². The van der Waals surface area contributed by atoms with Gasteiger partial charge in [-0.15, -0.1) is 0 Å². The molecule has 1 unspecified atom stereocenters. The minimum Gasteiger partial charge on any atom is -0.494 e. The first-order valence-corrected chi connectivity index (χ1v) is 7.71. The van der Waals surface area contributed by atoms with Gasteiger partial charge in [0.05, 0.1) is 12.5 Å². The summed E-state index contributed by atoms with van der Waals surface area (Å²) < 4.78 is 5.60. The van der Waals surface area contributed by atoms with Crippen LogP contribution < -0.4 is 4.74 Å². The molecule has 0 aromatic heterocycles. The molecule has 2 aromatic carbocycles. The summed E-state index contributed by atoms with van der Waals surface area (Å²) in [5.74, 6) is -0.449. The van der Waals surface area contributed by atoms with E-state index in [0.717, 1.165) is 24.2 Å². The Hall–Kier alpha value is -2.00. The van der Waals surface area contributed by atoms with Crippen LogP contribution in [0.15, 0.2) is 54.6 Å². The van der Waals surface area contributed by atoms with Crippen molar-refractivity contribution in [2.24, 2.45) is 0 Å². The Balaban J connectivity index is 1.78. The summed E-state index contributed by atoms with van der Waals surface area (Å²) in [4.78, 5) is 11.4. The third-order valence-corrected chi connectivity index (χ3v) is 3.72. The molecule has 1 atom stereocenters. The fraction of sp³-hybridized carbons (Fsp3) is 0.278. The molecule has 116 valence electrons. The molecule has 0 aliphatic carbocycles. The van der Waals surface area contributed by atoms with Crippen LogP contribution in [0.1, 0.15) is 30.7 Å². The van der Waals surface area contributed by atoms with Gasteiger partial charge in [-0.1, -0.05) is 41.9 Å². The number of halogens is 1. The number of carbonyl (C=O) groups is 1. The molecule has 0 amide bonds. The van der Waals surface area contributed by atoms with Gasteiger partial charge in [-0.3, -0.25) is 4.79 Å². The predicted octanol–water partition coefficient (Wildman–Crippen LogP) is 4.76. The molecule has 0 bridgehead atoms. The average Bonchev–Trinajstić information content (AvgIpc) is 2.53. The standard InChI is InChI=1S/C18H19ClO3/c19-15-11-9-14(10-12-15)17(18(20)21)8-4-5-13-22-16-6-2-1-3-7-16/h1-3,6-7,9-12,17H,4-5,8,13H2,(H,20,21). The molecule has 0 spiro atoms. The number of aliphatic carboxylic acids is 1. The highest BCUT2D eigenvalue weighted by Crippen LogP contribution is 2.24. The third kappa shape index (κ3) is 5.08. The largest absolute Gasteiger partial charge is 0.494 e. The Kier molecular flexibility index (Phi) is 6.28. The molecule has 2 aromatic rings. The minimum absolute atomic E-state index is 0.492. The zero-order chi connectivity index (χ0) is 15.8. The van der Waals surface area contributed by atoms with E-state index < -0.39 is 11.9 Å². The second kappa shape index (κ2) is 8.44. The SMILES string of the molecule is O=C(O)C(CCCCOc1ccccc1)c1ccc(Cl)cc1. The van der Waals surface area contributed by atoms with E-state index in [1.165, 1.54) is 0 Å². The van der Waals surface area contributed by atoms with Crippen molar-refractivity contribution < 1.29 is 14.6 Å². The first kappa shape index (κ1) is 16.4. The lowest BCUT2D eigenvalue weighted by atomic mass is 9.94. The Morgan fingerprint density at radius 1 is 1.05 bits per heavy atom. The number of para-hydroxylation sites is 1. The number of ether oxygens (including phenoxy) is 1. The molecule has 0 fully saturated rings. The Morgan fingerprint density at radius 2 is 1.73 bits per heavy atom. The number of benzene rings is 2. The number of carboxylic acids is 1. The van der Waals surface area contributed by atoms with E-state index in [0.29, 0.717) is 18.1 Å². The zero-order valence-corrected chi connectivity index (χ0v) is 13.0. The van der Waals surface area contributed by atoms with Gasteiger partial charge in [0.15, 0.2) is 0 Å². The number of carboxylic acid groups (broad SMARTS) is 1. The van der Waals surface area contributed by atoms with Crippen LogP contribution in [0, 0.1) is 0 Å². The summed E-state index contributed by atoms with van der Waals surface area (Å²) in [6, 6.07) is 16.6. The maximum atomic E-state index is 11.4. The van der Waals surface area contributed by atoms with Crippen LogP contribution in [0.25, 0.3) is 0 Å². The van der Waals surface area contributed by atoms with Crippen LogP contribution in [0.2, 0.25) is 5.02 Å². The maximum Gasteiger partial charge on any atom is 0.310 e. The Labute approximate surface area is 135 Å². The van der Waals surface area contributed by atoms with Crippen molar-refractivity contribution in [1.82, 2.24) is 0 Å². The van der Waals surface area contributed by atoms with Crippen molar-refractivity contribution in [2.75, 3.05) is 6.61 Å². The summed E-state index contributed by atoms with van der Waals surface area (Å²) in [6.07, 6.45) is 2.22. The number of rotatable bonds is 8. The van der Waals surface area contributed by atoms with E-state index >= 15 is 0 Å². The average molecular weight is 319 g/mol. The molecule has 1 N–H and O–H groups in total. The van der Waals surface area contributed by atoms with Crippen molar-refractivity contribution in [3.8, 4) is 5.75 Å². The van der Waals surface area contributed by atoms with E-state index in [9.17, 15) is 9.90 Å². The molecule has 0 aliphatic rings. The predicted molar refractivity (Wildman–Crippen MR) is 87.6 cm³/mol. The molecular formula is C18H19ClO3. The second-order valence-electron chi connectivity index (χ2n) is 5.10. The van der Waals surface area contributed by atoms with Crippen LogP contribution in [-0.2, 0) is 4.79 Å². The zero-order valence-electron chi connectivity index (χ0n) is 12.2. The summed E-state index contributed by atoms with van der Waals surface area (Å²) in [5, 5.41) is 9.98. The van der Waals surface area contributed by atoms with Gasteiger partial charge in [0.2, 0.25) is 0 Å². The van der Waals surface area contributed by atoms with Gasteiger partial charge in [0.25, 0.3) is 0 Å². The van der Waals surface area contributed by atoms with Gasteiger partial charge in [-0.05, 0) is 49.1 Å². The fourth-order valence-corrected chi connectivity index (χ4v) is 2.41. The lowest BCUT2D eigenvalue weighted by Gasteiger charge is -2.13. The van der Waals surface area contributed by atoms with E-state index in [4.69, 9.17) is 16.3 Å². The van der Waals surface area contributed by atoms with Crippen LogP contribution in [-0.4, -0.2) is 17.7 Å². The third-order valence-electron chi connectivity index (χ3n) is 3.47. The lowest BCUT2D eigenvalue weighted by Crippen LogP contribution is -2.12. The monoisotopic (exact) mass is 318 g/mol. The van der Waals surface area contributed by atoms with Gasteiger partial charge in [0.1, 0.15) is 5.75 Å².